The number of carbonyl (C=O) groups is 1. The molecule has 2 atom stereocenters. The number of nitrogens with one attached hydrogen (secondary N) is 1. The van der Waals surface area contributed by atoms with Crippen molar-refractivity contribution >= 4 is 5.91 Å². The minimum atomic E-state index is -1.14. The van der Waals surface area contributed by atoms with E-state index >= 15 is 0 Å². The summed E-state index contributed by atoms with van der Waals surface area (Å²) >= 11 is 0. The fourth-order valence-electron chi connectivity index (χ4n) is 5.31. The summed E-state index contributed by atoms with van der Waals surface area (Å²) in [4.78, 5) is 16.5. The Hall–Kier alpha value is -2.95. The maximum atomic E-state index is 14.0. The molecule has 5 rings (SSSR count). The summed E-state index contributed by atoms with van der Waals surface area (Å²) in [6.45, 7) is 5.63. The number of hydrogen-bond acceptors (Lipinski definition) is 3. The lowest BCUT2D eigenvalue weighted by Crippen LogP contribution is -2.49. The predicted octanol–water partition coefficient (Wildman–Crippen LogP) is 4.60. The molecule has 33 heavy (non-hydrogen) atoms. The van der Waals surface area contributed by atoms with E-state index in [1.165, 1.54) is 5.56 Å². The number of fused-ring (bicyclic) bond motifs is 1. The van der Waals surface area contributed by atoms with Crippen LogP contribution in [0, 0.1) is 11.8 Å². The van der Waals surface area contributed by atoms with Gasteiger partial charge in [0.1, 0.15) is 0 Å². The summed E-state index contributed by atoms with van der Waals surface area (Å²) in [6, 6.07) is 30.7. The van der Waals surface area contributed by atoms with Crippen LogP contribution in [0.4, 0.5) is 0 Å². The molecule has 3 aromatic carbocycles. The highest BCUT2D eigenvalue weighted by molar-refractivity contribution is 5.91. The first-order valence-electron chi connectivity index (χ1n) is 12.0. The zero-order valence-corrected chi connectivity index (χ0v) is 19.2. The number of carbonyl (C=O) groups excluding carboxylic acids is 1. The molecule has 1 aliphatic heterocycles. The van der Waals surface area contributed by atoms with Crippen LogP contribution in [0.25, 0.3) is 0 Å². The van der Waals surface area contributed by atoms with Crippen LogP contribution < -0.4 is 5.32 Å². The van der Waals surface area contributed by atoms with Crippen molar-refractivity contribution in [2.45, 2.75) is 31.5 Å². The molecule has 0 aromatic heterocycles. The number of ether oxygens (including phenoxy) is 1. The van der Waals surface area contributed by atoms with Crippen molar-refractivity contribution < 1.29 is 9.53 Å². The normalized spacial score (nSPS) is 22.0. The maximum Gasteiger partial charge on any atom is 0.261 e. The van der Waals surface area contributed by atoms with Gasteiger partial charge in [-0.1, -0.05) is 97.9 Å². The van der Waals surface area contributed by atoms with E-state index in [-0.39, 0.29) is 11.9 Å². The number of piperidine rings is 1. The summed E-state index contributed by atoms with van der Waals surface area (Å²) in [7, 11) is 0. The first kappa shape index (κ1) is 21.9. The first-order chi connectivity index (χ1) is 16.2. The van der Waals surface area contributed by atoms with E-state index in [2.05, 4.69) is 47.5 Å². The van der Waals surface area contributed by atoms with Crippen LogP contribution in [-0.2, 0) is 21.7 Å². The van der Waals surface area contributed by atoms with Crippen LogP contribution in [0.5, 0.6) is 0 Å². The van der Waals surface area contributed by atoms with Crippen molar-refractivity contribution in [3.63, 3.8) is 0 Å². The van der Waals surface area contributed by atoms with E-state index in [1.54, 1.807) is 0 Å². The number of amides is 1. The van der Waals surface area contributed by atoms with Crippen LogP contribution in [0.1, 0.15) is 30.0 Å². The van der Waals surface area contributed by atoms with Gasteiger partial charge in [-0.15, -0.1) is 0 Å². The summed E-state index contributed by atoms with van der Waals surface area (Å²) < 4.78 is 6.44. The van der Waals surface area contributed by atoms with Gasteiger partial charge in [0, 0.05) is 32.3 Å². The van der Waals surface area contributed by atoms with Crippen molar-refractivity contribution in [2.75, 3.05) is 19.7 Å². The maximum absolute atomic E-state index is 14.0. The summed E-state index contributed by atoms with van der Waals surface area (Å²) in [5, 5.41) is 3.40. The molecule has 1 N–H and O–H groups in total. The fourth-order valence-corrected chi connectivity index (χ4v) is 5.31. The van der Waals surface area contributed by atoms with Gasteiger partial charge in [-0.3, -0.25) is 9.69 Å². The van der Waals surface area contributed by atoms with Crippen LogP contribution in [-0.4, -0.2) is 36.5 Å². The van der Waals surface area contributed by atoms with Gasteiger partial charge in [-0.2, -0.15) is 0 Å². The molecule has 1 heterocycles. The summed E-state index contributed by atoms with van der Waals surface area (Å²) in [5.74, 6) is 0.989. The monoisotopic (exact) mass is 440 g/mol. The second kappa shape index (κ2) is 9.50. The topological polar surface area (TPSA) is 41.6 Å². The molecular formula is C29H32N2O2. The lowest BCUT2D eigenvalue weighted by atomic mass is 9.85. The Balaban J connectivity index is 1.34. The largest absolute Gasteiger partial charge is 0.356 e. The molecule has 0 spiro atoms. The predicted molar refractivity (Wildman–Crippen MR) is 131 cm³/mol. The molecule has 1 saturated heterocycles. The van der Waals surface area contributed by atoms with Gasteiger partial charge in [0.25, 0.3) is 5.91 Å². The van der Waals surface area contributed by atoms with E-state index in [1.807, 2.05) is 60.7 Å². The van der Waals surface area contributed by atoms with E-state index in [9.17, 15) is 4.79 Å². The van der Waals surface area contributed by atoms with Gasteiger partial charge in [0.05, 0.1) is 0 Å². The van der Waals surface area contributed by atoms with Crippen molar-refractivity contribution in [1.29, 1.82) is 0 Å². The standard InChI is InChI=1S/C29H32N2O2/c1-2-18-33-29(23-14-8-4-9-15-23,24-16-10-5-11-17-24)28(32)30-27-25-20-31(21-26(25)27)19-22-12-6-3-7-13-22/h3-17,25-27H,2,18-21H2,1H3,(H,30,32). The fraction of sp³-hybridized carbons (Fsp3) is 0.345. The van der Waals surface area contributed by atoms with Crippen molar-refractivity contribution in [3.8, 4) is 0 Å². The molecule has 4 heteroatoms. The lowest BCUT2D eigenvalue weighted by Gasteiger charge is -2.34. The van der Waals surface area contributed by atoms with Crippen LogP contribution >= 0.6 is 0 Å². The number of likely N-dealkylation sites (tertiary alicyclic amines) is 1. The SMILES string of the molecule is CCCOC(C(=O)NC1C2CN(Cc3ccccc3)CC21)(c1ccccc1)c1ccccc1. The minimum absolute atomic E-state index is 0.0534. The van der Waals surface area contributed by atoms with Gasteiger partial charge < -0.3 is 10.1 Å². The van der Waals surface area contributed by atoms with Gasteiger partial charge in [-0.05, 0) is 34.9 Å². The lowest BCUT2D eigenvalue weighted by molar-refractivity contribution is -0.143. The van der Waals surface area contributed by atoms with Gasteiger partial charge in [0.2, 0.25) is 0 Å². The molecule has 0 bridgehead atoms. The molecule has 2 aliphatic rings. The zero-order valence-electron chi connectivity index (χ0n) is 19.2. The molecule has 2 unspecified atom stereocenters. The smallest absolute Gasteiger partial charge is 0.261 e. The van der Waals surface area contributed by atoms with Crippen LogP contribution in [0.3, 0.4) is 0 Å². The average molecular weight is 441 g/mol. The van der Waals surface area contributed by atoms with E-state index in [0.29, 0.717) is 18.4 Å². The highest BCUT2D eigenvalue weighted by Gasteiger charge is 2.58. The summed E-state index contributed by atoms with van der Waals surface area (Å²) in [6.07, 6.45) is 0.845. The highest BCUT2D eigenvalue weighted by Crippen LogP contribution is 2.47. The molecule has 3 aromatic rings. The molecule has 4 nitrogen and oxygen atoms in total. The minimum Gasteiger partial charge on any atom is -0.356 e. The molecule has 170 valence electrons. The summed E-state index contributed by atoms with van der Waals surface area (Å²) in [5.41, 5.74) is 1.95. The Morgan fingerprint density at radius 3 is 1.91 bits per heavy atom. The Morgan fingerprint density at radius 2 is 1.39 bits per heavy atom. The third-order valence-corrected chi connectivity index (χ3v) is 7.02. The Morgan fingerprint density at radius 1 is 0.879 bits per heavy atom. The third kappa shape index (κ3) is 4.33. The highest BCUT2D eigenvalue weighted by atomic mass is 16.5. The molecule has 1 amide bonds. The van der Waals surface area contributed by atoms with Crippen molar-refractivity contribution in [2.24, 2.45) is 11.8 Å². The van der Waals surface area contributed by atoms with Crippen molar-refractivity contribution in [1.82, 2.24) is 10.2 Å². The second-order valence-electron chi connectivity index (χ2n) is 9.27. The van der Waals surface area contributed by atoms with Gasteiger partial charge in [0.15, 0.2) is 5.60 Å². The third-order valence-electron chi connectivity index (χ3n) is 7.02. The quantitative estimate of drug-likeness (QED) is 0.529. The van der Waals surface area contributed by atoms with E-state index in [4.69, 9.17) is 4.74 Å². The number of hydrogen-bond donors (Lipinski definition) is 1. The van der Waals surface area contributed by atoms with E-state index in [0.717, 1.165) is 37.2 Å². The second-order valence-corrected chi connectivity index (χ2v) is 9.27. The Kier molecular flexibility index (Phi) is 6.30. The number of rotatable bonds is 9. The van der Waals surface area contributed by atoms with Crippen molar-refractivity contribution in [3.05, 3.63) is 108 Å². The first-order valence-corrected chi connectivity index (χ1v) is 12.0. The zero-order chi connectivity index (χ0) is 22.7. The number of nitrogens with zero attached hydrogens (tertiary/aromatic N) is 1. The van der Waals surface area contributed by atoms with Crippen LogP contribution in [0.15, 0.2) is 91.0 Å². The Labute approximate surface area is 196 Å². The Bertz CT molecular complexity index is 1000. The van der Waals surface area contributed by atoms with Gasteiger partial charge in [-0.25, -0.2) is 0 Å². The molecule has 0 radical (unpaired) electrons. The molecule has 2 fully saturated rings. The van der Waals surface area contributed by atoms with E-state index < -0.39 is 5.60 Å². The molecule has 1 aliphatic carbocycles. The number of benzene rings is 3. The van der Waals surface area contributed by atoms with Gasteiger partial charge >= 0.3 is 0 Å². The molecule has 1 saturated carbocycles. The average Bonchev–Trinajstić information content (AvgIpc) is 3.30. The molecular weight excluding hydrogens is 408 g/mol. The van der Waals surface area contributed by atoms with Crippen LogP contribution in [0.2, 0.25) is 0 Å².